The molecule has 1 saturated carbocycles. The van der Waals surface area contributed by atoms with Crippen LogP contribution in [0.2, 0.25) is 0 Å². The Labute approximate surface area is 103 Å². The normalized spacial score (nSPS) is 18.1. The number of hydrogen-bond donors (Lipinski definition) is 1. The number of hydrogen-bond acceptors (Lipinski definition) is 2. The lowest BCUT2D eigenvalue weighted by Crippen LogP contribution is -2.44. The van der Waals surface area contributed by atoms with Gasteiger partial charge in [0, 0.05) is 5.54 Å². The van der Waals surface area contributed by atoms with Crippen LogP contribution < -0.4 is 10.5 Å². The molecule has 1 aromatic rings. The minimum Gasteiger partial charge on any atom is -0.496 e. The molecule has 1 fully saturated rings. The van der Waals surface area contributed by atoms with Crippen LogP contribution in [0.15, 0.2) is 10.5 Å². The Morgan fingerprint density at radius 2 is 2.12 bits per heavy atom. The molecule has 0 unspecified atom stereocenters. The van der Waals surface area contributed by atoms with Gasteiger partial charge in [-0.15, -0.1) is 0 Å². The van der Waals surface area contributed by atoms with Crippen LogP contribution in [-0.4, -0.2) is 7.11 Å². The zero-order chi connectivity index (χ0) is 11.9. The number of halogens is 2. The van der Waals surface area contributed by atoms with Crippen LogP contribution in [0.25, 0.3) is 0 Å². The molecule has 2 nitrogen and oxygen atoms in total. The van der Waals surface area contributed by atoms with Crippen molar-refractivity contribution in [1.29, 1.82) is 0 Å². The summed E-state index contributed by atoms with van der Waals surface area (Å²) < 4.78 is 19.9. The lowest BCUT2D eigenvalue weighted by Gasteiger charge is -2.40. The number of methoxy groups -OCH3 is 1. The second-order valence-electron chi connectivity index (χ2n) is 4.41. The first-order valence-electron chi connectivity index (χ1n) is 5.31. The Bertz CT molecular complexity index is 430. The highest BCUT2D eigenvalue weighted by Crippen LogP contribution is 2.46. The van der Waals surface area contributed by atoms with Gasteiger partial charge in [-0.25, -0.2) is 4.39 Å². The summed E-state index contributed by atoms with van der Waals surface area (Å²) in [5.41, 5.74) is 7.07. The molecule has 88 valence electrons. The molecule has 1 aliphatic carbocycles. The molecule has 4 heteroatoms. The number of aryl methyl sites for hydroxylation is 1. The SMILES string of the molecule is COc1c(C)cc(Br)c(F)c1C1(N)CCC1. The Balaban J connectivity index is 2.65. The Morgan fingerprint density at radius 1 is 1.50 bits per heavy atom. The fourth-order valence-corrected chi connectivity index (χ4v) is 2.79. The third-order valence-electron chi connectivity index (χ3n) is 3.31. The highest BCUT2D eigenvalue weighted by molar-refractivity contribution is 9.10. The van der Waals surface area contributed by atoms with Crippen LogP contribution in [0, 0.1) is 12.7 Å². The highest BCUT2D eigenvalue weighted by Gasteiger charge is 2.40. The van der Waals surface area contributed by atoms with E-state index >= 15 is 0 Å². The highest BCUT2D eigenvalue weighted by atomic mass is 79.9. The number of ether oxygens (including phenoxy) is 1. The van der Waals surface area contributed by atoms with E-state index in [2.05, 4.69) is 15.9 Å². The third kappa shape index (κ3) is 1.64. The minimum atomic E-state index is -0.552. The van der Waals surface area contributed by atoms with E-state index in [1.54, 1.807) is 13.2 Å². The van der Waals surface area contributed by atoms with Crippen LogP contribution in [0.5, 0.6) is 5.75 Å². The molecule has 0 aliphatic heterocycles. The van der Waals surface area contributed by atoms with E-state index in [0.29, 0.717) is 15.8 Å². The van der Waals surface area contributed by atoms with Gasteiger partial charge in [0.1, 0.15) is 11.6 Å². The van der Waals surface area contributed by atoms with Crippen molar-refractivity contribution in [2.24, 2.45) is 5.73 Å². The number of benzene rings is 1. The molecule has 16 heavy (non-hydrogen) atoms. The van der Waals surface area contributed by atoms with Crippen LogP contribution in [0.1, 0.15) is 30.4 Å². The van der Waals surface area contributed by atoms with Gasteiger partial charge in [0.25, 0.3) is 0 Å². The first kappa shape index (κ1) is 11.9. The van der Waals surface area contributed by atoms with Crippen molar-refractivity contribution in [3.63, 3.8) is 0 Å². The van der Waals surface area contributed by atoms with Gasteiger partial charge < -0.3 is 10.5 Å². The van der Waals surface area contributed by atoms with Gasteiger partial charge in [0.2, 0.25) is 0 Å². The Morgan fingerprint density at radius 3 is 2.56 bits per heavy atom. The summed E-state index contributed by atoms with van der Waals surface area (Å²) in [5.74, 6) is 0.299. The van der Waals surface area contributed by atoms with Gasteiger partial charge in [-0.1, -0.05) is 0 Å². The van der Waals surface area contributed by atoms with Gasteiger partial charge >= 0.3 is 0 Å². The third-order valence-corrected chi connectivity index (χ3v) is 3.88. The van der Waals surface area contributed by atoms with Crippen LogP contribution in [0.3, 0.4) is 0 Å². The van der Waals surface area contributed by atoms with Gasteiger partial charge in [-0.05, 0) is 53.7 Å². The smallest absolute Gasteiger partial charge is 0.146 e. The van der Waals surface area contributed by atoms with E-state index in [-0.39, 0.29) is 5.82 Å². The summed E-state index contributed by atoms with van der Waals surface area (Å²) in [6.45, 7) is 1.90. The molecule has 0 aromatic heterocycles. The van der Waals surface area contributed by atoms with Crippen molar-refractivity contribution in [1.82, 2.24) is 0 Å². The molecule has 2 N–H and O–H groups in total. The lowest BCUT2D eigenvalue weighted by molar-refractivity contribution is 0.234. The maximum absolute atomic E-state index is 14.1. The van der Waals surface area contributed by atoms with E-state index in [1.165, 1.54) is 0 Å². The van der Waals surface area contributed by atoms with Crippen molar-refractivity contribution in [2.75, 3.05) is 7.11 Å². The first-order chi connectivity index (χ1) is 7.49. The molecule has 1 aromatic carbocycles. The molecule has 0 atom stereocenters. The number of rotatable bonds is 2. The van der Waals surface area contributed by atoms with Crippen molar-refractivity contribution < 1.29 is 9.13 Å². The van der Waals surface area contributed by atoms with Gasteiger partial charge in [0.05, 0.1) is 17.1 Å². The first-order valence-corrected chi connectivity index (χ1v) is 6.11. The molecule has 0 radical (unpaired) electrons. The van der Waals surface area contributed by atoms with E-state index in [9.17, 15) is 4.39 Å². The largest absolute Gasteiger partial charge is 0.496 e. The van der Waals surface area contributed by atoms with Crippen molar-refractivity contribution in [2.45, 2.75) is 31.7 Å². The van der Waals surface area contributed by atoms with Crippen LogP contribution >= 0.6 is 15.9 Å². The molecular weight excluding hydrogens is 273 g/mol. The van der Waals surface area contributed by atoms with E-state index < -0.39 is 5.54 Å². The summed E-state index contributed by atoms with van der Waals surface area (Å²) in [5, 5.41) is 0. The quantitative estimate of drug-likeness (QED) is 0.906. The fraction of sp³-hybridized carbons (Fsp3) is 0.500. The summed E-state index contributed by atoms with van der Waals surface area (Å²) in [7, 11) is 1.56. The van der Waals surface area contributed by atoms with E-state index in [1.807, 2.05) is 6.92 Å². The summed E-state index contributed by atoms with van der Waals surface area (Å²) >= 11 is 3.22. The fourth-order valence-electron chi connectivity index (χ4n) is 2.25. The Kier molecular flexibility index (Phi) is 2.97. The second kappa shape index (κ2) is 4.00. The Hall–Kier alpha value is -0.610. The van der Waals surface area contributed by atoms with Crippen molar-refractivity contribution >= 4 is 15.9 Å². The summed E-state index contributed by atoms with van der Waals surface area (Å²) in [6.07, 6.45) is 2.68. The molecule has 0 bridgehead atoms. The van der Waals surface area contributed by atoms with Gasteiger partial charge in [0.15, 0.2) is 0 Å². The van der Waals surface area contributed by atoms with Crippen LogP contribution in [0.4, 0.5) is 4.39 Å². The predicted molar refractivity (Wildman–Crippen MR) is 65.1 cm³/mol. The topological polar surface area (TPSA) is 35.2 Å². The molecule has 0 saturated heterocycles. The summed E-state index contributed by atoms with van der Waals surface area (Å²) in [6, 6.07) is 1.72. The molecule has 0 spiro atoms. The monoisotopic (exact) mass is 287 g/mol. The zero-order valence-corrected chi connectivity index (χ0v) is 11.0. The summed E-state index contributed by atoms with van der Waals surface area (Å²) in [4.78, 5) is 0. The lowest BCUT2D eigenvalue weighted by atomic mass is 9.72. The standard InChI is InChI=1S/C12H15BrFNO/c1-7-6-8(13)10(14)9(11(7)16-2)12(15)4-3-5-12/h6H,3-5,15H2,1-2H3. The minimum absolute atomic E-state index is 0.287. The zero-order valence-electron chi connectivity index (χ0n) is 9.44. The average Bonchev–Trinajstić information content (AvgIpc) is 2.19. The van der Waals surface area contributed by atoms with E-state index in [4.69, 9.17) is 10.5 Å². The van der Waals surface area contributed by atoms with E-state index in [0.717, 1.165) is 24.8 Å². The molecule has 1 aliphatic rings. The van der Waals surface area contributed by atoms with Crippen LogP contribution in [-0.2, 0) is 5.54 Å². The average molecular weight is 288 g/mol. The van der Waals surface area contributed by atoms with Crippen molar-refractivity contribution in [3.8, 4) is 5.75 Å². The van der Waals surface area contributed by atoms with Gasteiger partial charge in [-0.3, -0.25) is 0 Å². The predicted octanol–water partition coefficient (Wildman–Crippen LogP) is 3.24. The molecule has 2 rings (SSSR count). The molecule has 0 heterocycles. The maximum atomic E-state index is 14.1. The molecular formula is C12H15BrFNO. The number of nitrogens with two attached hydrogens (primary N) is 1. The second-order valence-corrected chi connectivity index (χ2v) is 5.26. The van der Waals surface area contributed by atoms with Crippen molar-refractivity contribution in [3.05, 3.63) is 27.5 Å². The molecule has 0 amide bonds. The maximum Gasteiger partial charge on any atom is 0.146 e. The van der Waals surface area contributed by atoms with Gasteiger partial charge in [-0.2, -0.15) is 0 Å².